The van der Waals surface area contributed by atoms with Crippen LogP contribution >= 0.6 is 0 Å². The van der Waals surface area contributed by atoms with Crippen LogP contribution in [0.5, 0.6) is 0 Å². The first kappa shape index (κ1) is 22.1. The third-order valence-electron chi connectivity index (χ3n) is 5.74. The molecule has 2 aromatic carbocycles. The molecule has 6 nitrogen and oxygen atoms in total. The van der Waals surface area contributed by atoms with Crippen molar-refractivity contribution < 1.29 is 23.1 Å². The predicted octanol–water partition coefficient (Wildman–Crippen LogP) is 3.53. The molecule has 2 amide bonds. The lowest BCUT2D eigenvalue weighted by atomic mass is 9.98. The van der Waals surface area contributed by atoms with Crippen LogP contribution in [-0.4, -0.2) is 54.2 Å². The molecule has 0 N–H and O–H groups in total. The van der Waals surface area contributed by atoms with E-state index in [9.17, 15) is 18.4 Å². The van der Waals surface area contributed by atoms with E-state index in [1.54, 1.807) is 30.3 Å². The summed E-state index contributed by atoms with van der Waals surface area (Å²) in [6.07, 6.45) is 1.94. The van der Waals surface area contributed by atoms with Crippen molar-refractivity contribution in [3.63, 3.8) is 0 Å². The fraction of sp³-hybridized carbons (Fsp3) is 0.375. The van der Waals surface area contributed by atoms with Crippen LogP contribution in [-0.2, 0) is 14.3 Å². The Morgan fingerprint density at radius 2 is 1.84 bits per heavy atom. The van der Waals surface area contributed by atoms with Gasteiger partial charge in [-0.1, -0.05) is 30.3 Å². The normalized spacial score (nSPS) is 17.9. The van der Waals surface area contributed by atoms with Gasteiger partial charge in [0.1, 0.15) is 18.2 Å². The molecule has 0 spiro atoms. The monoisotopic (exact) mass is 441 g/mol. The van der Waals surface area contributed by atoms with Gasteiger partial charge in [-0.2, -0.15) is 5.10 Å². The number of carbonyl (C=O) groups excluding carboxylic acids is 2. The number of hydrogen-bond acceptors (Lipinski definition) is 4. The van der Waals surface area contributed by atoms with Gasteiger partial charge in [0, 0.05) is 31.6 Å². The summed E-state index contributed by atoms with van der Waals surface area (Å²) in [4.78, 5) is 27.5. The van der Waals surface area contributed by atoms with E-state index in [4.69, 9.17) is 4.74 Å². The quantitative estimate of drug-likeness (QED) is 0.630. The van der Waals surface area contributed by atoms with Crippen LogP contribution in [0.3, 0.4) is 0 Å². The maximum Gasteiger partial charge on any atom is 0.262 e. The average molecular weight is 441 g/mol. The fourth-order valence-corrected chi connectivity index (χ4v) is 3.84. The van der Waals surface area contributed by atoms with E-state index in [-0.39, 0.29) is 36.5 Å². The lowest BCUT2D eigenvalue weighted by molar-refractivity contribution is -0.142. The Bertz CT molecular complexity index is 1020. The zero-order chi connectivity index (χ0) is 22.7. The van der Waals surface area contributed by atoms with Gasteiger partial charge in [0.25, 0.3) is 5.91 Å². The first-order valence-electron chi connectivity index (χ1n) is 10.7. The van der Waals surface area contributed by atoms with Gasteiger partial charge in [-0.15, -0.1) is 0 Å². The molecular weight excluding hydrogens is 416 g/mol. The second kappa shape index (κ2) is 9.56. The molecule has 1 aliphatic carbocycles. The van der Waals surface area contributed by atoms with Crippen LogP contribution in [0.25, 0.3) is 0 Å². The molecule has 1 heterocycles. The number of methoxy groups -OCH3 is 1. The van der Waals surface area contributed by atoms with Crippen molar-refractivity contribution in [3.05, 3.63) is 71.3 Å². The molecule has 0 radical (unpaired) electrons. The van der Waals surface area contributed by atoms with E-state index in [0.717, 1.165) is 12.8 Å². The Hall–Kier alpha value is -3.13. The van der Waals surface area contributed by atoms with Crippen molar-refractivity contribution in [1.29, 1.82) is 0 Å². The highest BCUT2D eigenvalue weighted by Crippen LogP contribution is 2.34. The first-order chi connectivity index (χ1) is 15.5. The van der Waals surface area contributed by atoms with Gasteiger partial charge in [-0.05, 0) is 36.6 Å². The van der Waals surface area contributed by atoms with E-state index in [2.05, 4.69) is 5.10 Å². The number of halogens is 2. The highest BCUT2D eigenvalue weighted by Gasteiger charge is 2.38. The summed E-state index contributed by atoms with van der Waals surface area (Å²) in [5.74, 6) is -1.30. The maximum absolute atomic E-state index is 14.4. The van der Waals surface area contributed by atoms with Gasteiger partial charge in [-0.25, -0.2) is 13.8 Å². The smallest absolute Gasteiger partial charge is 0.262 e. The van der Waals surface area contributed by atoms with E-state index in [0.29, 0.717) is 30.0 Å². The molecule has 4 rings (SSSR count). The fourth-order valence-electron chi connectivity index (χ4n) is 3.84. The molecule has 0 saturated heterocycles. The Balaban J connectivity index is 1.61. The first-order valence-corrected chi connectivity index (χ1v) is 10.7. The van der Waals surface area contributed by atoms with E-state index < -0.39 is 11.9 Å². The molecule has 0 unspecified atom stereocenters. The molecule has 1 aliphatic heterocycles. The Kier molecular flexibility index (Phi) is 6.60. The minimum absolute atomic E-state index is 0.0383. The number of carbonyl (C=O) groups is 2. The number of hydrogen-bond donors (Lipinski definition) is 0. The summed E-state index contributed by atoms with van der Waals surface area (Å²) in [5, 5.41) is 5.75. The number of rotatable bonds is 8. The molecular formula is C24H25F2N3O3. The van der Waals surface area contributed by atoms with Crippen molar-refractivity contribution in [2.45, 2.75) is 25.3 Å². The van der Waals surface area contributed by atoms with Gasteiger partial charge in [-0.3, -0.25) is 9.59 Å². The summed E-state index contributed by atoms with van der Waals surface area (Å²) >= 11 is 0. The molecule has 2 aromatic rings. The molecule has 168 valence electrons. The lowest BCUT2D eigenvalue weighted by Crippen LogP contribution is -2.43. The van der Waals surface area contributed by atoms with Gasteiger partial charge in [0.05, 0.1) is 18.4 Å². The molecule has 1 saturated carbocycles. The SMILES string of the molecule is COCCN(CC(=O)N1N=C(c2ccccc2F)C[C@H]1c1ccc(F)cc1)C(=O)C1CC1. The summed E-state index contributed by atoms with van der Waals surface area (Å²) in [5.41, 5.74) is 1.44. The second-order valence-corrected chi connectivity index (χ2v) is 8.06. The van der Waals surface area contributed by atoms with E-state index >= 15 is 0 Å². The summed E-state index contributed by atoms with van der Waals surface area (Å²) < 4.78 is 33.0. The Morgan fingerprint density at radius 1 is 1.12 bits per heavy atom. The average Bonchev–Trinajstić information content (AvgIpc) is 3.55. The zero-order valence-electron chi connectivity index (χ0n) is 17.8. The molecule has 0 bridgehead atoms. The predicted molar refractivity (Wildman–Crippen MR) is 115 cm³/mol. The van der Waals surface area contributed by atoms with Gasteiger partial charge in [0.15, 0.2) is 0 Å². The van der Waals surface area contributed by atoms with Crippen molar-refractivity contribution in [1.82, 2.24) is 9.91 Å². The molecule has 1 atom stereocenters. The number of amides is 2. The van der Waals surface area contributed by atoms with Crippen molar-refractivity contribution in [3.8, 4) is 0 Å². The van der Waals surface area contributed by atoms with E-state index in [1.165, 1.54) is 35.2 Å². The summed E-state index contributed by atoms with van der Waals surface area (Å²) in [7, 11) is 1.54. The lowest BCUT2D eigenvalue weighted by Gasteiger charge is -2.27. The van der Waals surface area contributed by atoms with Crippen molar-refractivity contribution in [2.75, 3.05) is 26.8 Å². The van der Waals surface area contributed by atoms with E-state index in [1.807, 2.05) is 0 Å². The summed E-state index contributed by atoms with van der Waals surface area (Å²) in [6, 6.07) is 11.6. The third kappa shape index (κ3) is 4.85. The second-order valence-electron chi connectivity index (χ2n) is 8.06. The molecule has 2 aliphatic rings. The third-order valence-corrected chi connectivity index (χ3v) is 5.74. The van der Waals surface area contributed by atoms with Crippen LogP contribution < -0.4 is 0 Å². The van der Waals surface area contributed by atoms with Crippen molar-refractivity contribution >= 4 is 17.5 Å². The highest BCUT2D eigenvalue weighted by molar-refractivity contribution is 6.03. The Morgan fingerprint density at radius 3 is 2.50 bits per heavy atom. The standard InChI is InChI=1S/C24H25F2N3O3/c1-32-13-12-28(24(31)17-6-7-17)15-23(30)29-22(16-8-10-18(25)11-9-16)14-21(27-29)19-4-2-3-5-20(19)26/h2-5,8-11,17,22H,6-7,12-15H2,1H3/t22-/m0/s1. The summed E-state index contributed by atoms with van der Waals surface area (Å²) in [6.45, 7) is 0.470. The molecule has 32 heavy (non-hydrogen) atoms. The van der Waals surface area contributed by atoms with Crippen LogP contribution in [0, 0.1) is 17.6 Å². The number of nitrogens with zero attached hydrogens (tertiary/aromatic N) is 3. The van der Waals surface area contributed by atoms with Crippen molar-refractivity contribution in [2.24, 2.45) is 11.0 Å². The topological polar surface area (TPSA) is 62.2 Å². The van der Waals surface area contributed by atoms with Crippen LogP contribution in [0.4, 0.5) is 8.78 Å². The minimum atomic E-state index is -0.516. The molecule has 1 fully saturated rings. The molecule has 8 heteroatoms. The number of hydrazone groups is 1. The largest absolute Gasteiger partial charge is 0.383 e. The minimum Gasteiger partial charge on any atom is -0.383 e. The maximum atomic E-state index is 14.4. The Labute approximate surface area is 185 Å². The number of ether oxygens (including phenoxy) is 1. The van der Waals surface area contributed by atoms with Crippen LogP contribution in [0.1, 0.15) is 36.4 Å². The van der Waals surface area contributed by atoms with Gasteiger partial charge < -0.3 is 9.64 Å². The van der Waals surface area contributed by atoms with Crippen LogP contribution in [0.15, 0.2) is 53.6 Å². The highest BCUT2D eigenvalue weighted by atomic mass is 19.1. The number of benzene rings is 2. The van der Waals surface area contributed by atoms with Crippen LogP contribution in [0.2, 0.25) is 0 Å². The van der Waals surface area contributed by atoms with Gasteiger partial charge in [0.2, 0.25) is 5.91 Å². The van der Waals surface area contributed by atoms with Gasteiger partial charge >= 0.3 is 0 Å². The zero-order valence-corrected chi connectivity index (χ0v) is 17.8. The molecule has 0 aromatic heterocycles.